The van der Waals surface area contributed by atoms with Crippen molar-refractivity contribution >= 4 is 16.8 Å². The molecule has 0 aliphatic heterocycles. The third kappa shape index (κ3) is 5.20. The molecule has 1 heterocycles. The van der Waals surface area contributed by atoms with Crippen molar-refractivity contribution in [3.8, 4) is 0 Å². The number of hydrogen-bond acceptors (Lipinski definition) is 2. The summed E-state index contributed by atoms with van der Waals surface area (Å²) in [7, 11) is 0. The predicted molar refractivity (Wildman–Crippen MR) is 112 cm³/mol. The average molecular weight is 364 g/mol. The molecule has 1 amide bonds. The Labute approximate surface area is 161 Å². The smallest absolute Gasteiger partial charge is 0.248 e. The molecule has 3 aromatic rings. The molecule has 0 saturated carbocycles. The summed E-state index contributed by atoms with van der Waals surface area (Å²) in [5.74, 6) is -0.383. The molecule has 4 heteroatoms. The van der Waals surface area contributed by atoms with E-state index >= 15 is 0 Å². The molecule has 4 N–H and O–H groups in total. The third-order valence-electron chi connectivity index (χ3n) is 5.23. The molecular formula is C23H29N3O. The van der Waals surface area contributed by atoms with Crippen molar-refractivity contribution in [3.05, 3.63) is 71.4 Å². The summed E-state index contributed by atoms with van der Waals surface area (Å²) in [6, 6.07) is 16.8. The number of carbonyl (C=O) groups is 1. The summed E-state index contributed by atoms with van der Waals surface area (Å²) < 4.78 is 0. The van der Waals surface area contributed by atoms with Gasteiger partial charge in [0.15, 0.2) is 0 Å². The average Bonchev–Trinajstić information content (AvgIpc) is 3.10. The molecule has 1 unspecified atom stereocenters. The van der Waals surface area contributed by atoms with Gasteiger partial charge in [0, 0.05) is 28.7 Å². The topological polar surface area (TPSA) is 70.9 Å². The maximum Gasteiger partial charge on any atom is 0.248 e. The van der Waals surface area contributed by atoms with Gasteiger partial charge >= 0.3 is 0 Å². The van der Waals surface area contributed by atoms with Crippen LogP contribution in [0.2, 0.25) is 0 Å². The molecule has 0 bridgehead atoms. The lowest BCUT2D eigenvalue weighted by Crippen LogP contribution is -2.30. The minimum Gasteiger partial charge on any atom is -0.366 e. The molecule has 0 radical (unpaired) electrons. The van der Waals surface area contributed by atoms with E-state index in [0.717, 1.165) is 36.7 Å². The molecule has 1 aromatic heterocycles. The number of hydrogen-bond donors (Lipinski definition) is 3. The Kier molecular flexibility index (Phi) is 6.66. The Morgan fingerprint density at radius 1 is 1.15 bits per heavy atom. The van der Waals surface area contributed by atoms with Gasteiger partial charge < -0.3 is 16.0 Å². The number of nitrogens with one attached hydrogen (secondary N) is 2. The van der Waals surface area contributed by atoms with E-state index in [0.29, 0.717) is 11.6 Å². The molecule has 2 aromatic carbocycles. The molecule has 0 fully saturated rings. The van der Waals surface area contributed by atoms with Crippen LogP contribution in [0.15, 0.2) is 54.7 Å². The largest absolute Gasteiger partial charge is 0.366 e. The number of carbonyl (C=O) groups excluding carboxylic acids is 1. The van der Waals surface area contributed by atoms with Gasteiger partial charge in [-0.2, -0.15) is 0 Å². The van der Waals surface area contributed by atoms with Crippen molar-refractivity contribution < 1.29 is 4.79 Å². The van der Waals surface area contributed by atoms with E-state index in [1.165, 1.54) is 24.0 Å². The minimum atomic E-state index is -0.383. The van der Waals surface area contributed by atoms with Crippen LogP contribution >= 0.6 is 0 Å². The van der Waals surface area contributed by atoms with E-state index < -0.39 is 0 Å². The molecule has 3 rings (SSSR count). The van der Waals surface area contributed by atoms with E-state index in [9.17, 15) is 4.79 Å². The molecular weight excluding hydrogens is 334 g/mol. The summed E-state index contributed by atoms with van der Waals surface area (Å²) in [5, 5.41) is 4.78. The van der Waals surface area contributed by atoms with Gasteiger partial charge in [-0.1, -0.05) is 37.3 Å². The van der Waals surface area contributed by atoms with Crippen LogP contribution < -0.4 is 11.1 Å². The zero-order valence-corrected chi connectivity index (χ0v) is 16.0. The van der Waals surface area contributed by atoms with Crippen LogP contribution in [0.4, 0.5) is 0 Å². The first-order chi connectivity index (χ1) is 13.2. The zero-order valence-electron chi connectivity index (χ0n) is 16.0. The summed E-state index contributed by atoms with van der Waals surface area (Å²) in [5.41, 5.74) is 9.65. The Bertz CT molecular complexity index is 870. The van der Waals surface area contributed by atoms with Crippen molar-refractivity contribution in [2.75, 3.05) is 6.54 Å². The van der Waals surface area contributed by atoms with Gasteiger partial charge in [0.25, 0.3) is 0 Å². The molecule has 27 heavy (non-hydrogen) atoms. The normalized spacial score (nSPS) is 12.3. The molecule has 0 saturated heterocycles. The minimum absolute atomic E-state index is 0.383. The lowest BCUT2D eigenvalue weighted by Gasteiger charge is -2.17. The quantitative estimate of drug-likeness (QED) is 0.505. The molecule has 142 valence electrons. The predicted octanol–water partition coefficient (Wildman–Crippen LogP) is 4.20. The first-order valence-corrected chi connectivity index (χ1v) is 9.84. The van der Waals surface area contributed by atoms with Crippen LogP contribution in [0, 0.1) is 0 Å². The number of primary amides is 1. The Balaban J connectivity index is 1.49. The lowest BCUT2D eigenvalue weighted by atomic mass is 10.0. The van der Waals surface area contributed by atoms with Crippen molar-refractivity contribution in [3.63, 3.8) is 0 Å². The number of fused-ring (bicyclic) bond motifs is 1. The summed E-state index contributed by atoms with van der Waals surface area (Å²) in [6.45, 7) is 3.17. The Morgan fingerprint density at radius 3 is 2.70 bits per heavy atom. The van der Waals surface area contributed by atoms with E-state index in [4.69, 9.17) is 5.73 Å². The first kappa shape index (κ1) is 19.2. The van der Waals surface area contributed by atoms with Crippen molar-refractivity contribution in [2.45, 2.75) is 45.1 Å². The maximum atomic E-state index is 11.4. The summed E-state index contributed by atoms with van der Waals surface area (Å²) >= 11 is 0. The fourth-order valence-corrected chi connectivity index (χ4v) is 3.60. The Morgan fingerprint density at radius 2 is 1.96 bits per heavy atom. The summed E-state index contributed by atoms with van der Waals surface area (Å²) in [4.78, 5) is 14.7. The number of amides is 1. The zero-order chi connectivity index (χ0) is 19.1. The van der Waals surface area contributed by atoms with Gasteiger partial charge in [0.2, 0.25) is 5.91 Å². The number of aryl methyl sites for hydroxylation is 1. The maximum absolute atomic E-state index is 11.4. The van der Waals surface area contributed by atoms with Gasteiger partial charge in [0.05, 0.1) is 0 Å². The van der Waals surface area contributed by atoms with E-state index in [2.05, 4.69) is 47.6 Å². The van der Waals surface area contributed by atoms with Crippen molar-refractivity contribution in [1.29, 1.82) is 0 Å². The lowest BCUT2D eigenvalue weighted by molar-refractivity contribution is 0.100. The Hall–Kier alpha value is -2.59. The molecule has 0 aliphatic carbocycles. The third-order valence-corrected chi connectivity index (χ3v) is 5.23. The van der Waals surface area contributed by atoms with Crippen LogP contribution in [-0.4, -0.2) is 23.5 Å². The van der Waals surface area contributed by atoms with Crippen molar-refractivity contribution in [1.82, 2.24) is 10.3 Å². The van der Waals surface area contributed by atoms with E-state index in [1.807, 2.05) is 18.3 Å². The number of nitrogens with two attached hydrogens (primary N) is 1. The van der Waals surface area contributed by atoms with Crippen molar-refractivity contribution in [2.24, 2.45) is 5.73 Å². The fourth-order valence-electron chi connectivity index (χ4n) is 3.60. The molecule has 0 aliphatic rings. The van der Waals surface area contributed by atoms with Gasteiger partial charge in [-0.15, -0.1) is 0 Å². The van der Waals surface area contributed by atoms with Crippen LogP contribution in [0.1, 0.15) is 47.7 Å². The molecule has 4 nitrogen and oxygen atoms in total. The van der Waals surface area contributed by atoms with E-state index in [-0.39, 0.29) is 5.91 Å². The number of benzene rings is 2. The van der Waals surface area contributed by atoms with Crippen LogP contribution in [0.5, 0.6) is 0 Å². The van der Waals surface area contributed by atoms with Crippen LogP contribution in [0.25, 0.3) is 10.9 Å². The first-order valence-electron chi connectivity index (χ1n) is 9.84. The number of aromatic nitrogens is 1. The second-order valence-electron chi connectivity index (χ2n) is 7.13. The van der Waals surface area contributed by atoms with Gasteiger partial charge in [0.1, 0.15) is 0 Å². The SMILES string of the molecule is CCC(CCCc1ccccc1)NCCc1c[nH]c2ccc(C(N)=O)cc12. The monoisotopic (exact) mass is 363 g/mol. The van der Waals surface area contributed by atoms with Gasteiger partial charge in [-0.25, -0.2) is 0 Å². The highest BCUT2D eigenvalue weighted by Crippen LogP contribution is 2.20. The number of H-pyrrole nitrogens is 1. The second kappa shape index (κ2) is 9.38. The highest BCUT2D eigenvalue weighted by molar-refractivity contribution is 5.97. The fraction of sp³-hybridized carbons (Fsp3) is 0.348. The highest BCUT2D eigenvalue weighted by atomic mass is 16.1. The van der Waals surface area contributed by atoms with E-state index in [1.54, 1.807) is 6.07 Å². The van der Waals surface area contributed by atoms with Crippen LogP contribution in [-0.2, 0) is 12.8 Å². The highest BCUT2D eigenvalue weighted by Gasteiger charge is 2.09. The number of aromatic amines is 1. The second-order valence-corrected chi connectivity index (χ2v) is 7.13. The number of rotatable bonds is 10. The van der Waals surface area contributed by atoms with Gasteiger partial charge in [-0.3, -0.25) is 4.79 Å². The molecule has 0 spiro atoms. The van der Waals surface area contributed by atoms with Crippen LogP contribution in [0.3, 0.4) is 0 Å². The molecule has 1 atom stereocenters. The summed E-state index contributed by atoms with van der Waals surface area (Å²) in [6.07, 6.45) is 7.62. The standard InChI is InChI=1S/C23H29N3O/c1-2-20(10-6-9-17-7-4-3-5-8-17)25-14-13-19-16-26-22-12-11-18(23(24)27)15-21(19)22/h3-5,7-8,11-12,15-16,20,25-26H,2,6,9-10,13-14H2,1H3,(H2,24,27). The van der Waals surface area contributed by atoms with Gasteiger partial charge in [-0.05, 0) is 68.0 Å².